The fourth-order valence-corrected chi connectivity index (χ4v) is 2.06. The Morgan fingerprint density at radius 3 is 2.42 bits per heavy atom. The second-order valence-electron chi connectivity index (χ2n) is 2.42. The number of alkyl halides is 3. The number of halogens is 4. The highest BCUT2D eigenvalue weighted by Crippen LogP contribution is 2.37. The quantitative estimate of drug-likeness (QED) is 0.622. The van der Waals surface area contributed by atoms with Gasteiger partial charge in [0.15, 0.2) is 0 Å². The Morgan fingerprint density at radius 1 is 1.25 bits per heavy atom. The average molecular weight is 377 g/mol. The van der Waals surface area contributed by atoms with Crippen LogP contribution in [0.4, 0.5) is 0 Å². The molecule has 0 heterocycles. The normalized spacial score (nSPS) is 11.7. The molecule has 0 bridgehead atoms. The van der Waals surface area contributed by atoms with Crippen molar-refractivity contribution in [3.8, 4) is 0 Å². The standard InChI is InChI=1S/C8H6Br3Cl/c9-8(10,11)5-6-2-1-3-7(12)4-6/h1-4H,5H2. The maximum atomic E-state index is 5.83. The smallest absolute Gasteiger partial charge is 0.0843 e. The Bertz CT molecular complexity index is 267. The molecule has 1 aromatic carbocycles. The molecule has 0 amide bonds. The van der Waals surface area contributed by atoms with E-state index < -0.39 is 0 Å². The molecular weight excluding hydrogens is 371 g/mol. The van der Waals surface area contributed by atoms with Crippen molar-refractivity contribution in [2.75, 3.05) is 0 Å². The van der Waals surface area contributed by atoms with E-state index in [-0.39, 0.29) is 2.14 Å². The van der Waals surface area contributed by atoms with Crippen molar-refractivity contribution >= 4 is 59.4 Å². The summed E-state index contributed by atoms with van der Waals surface area (Å²) in [5, 5.41) is 0.768. The molecule has 0 saturated heterocycles. The summed E-state index contributed by atoms with van der Waals surface area (Å²) in [6, 6.07) is 7.78. The summed E-state index contributed by atoms with van der Waals surface area (Å²) in [6.45, 7) is 0. The first kappa shape index (κ1) is 11.0. The molecule has 0 nitrogen and oxygen atoms in total. The van der Waals surface area contributed by atoms with E-state index in [0.717, 1.165) is 11.4 Å². The van der Waals surface area contributed by atoms with E-state index >= 15 is 0 Å². The number of hydrogen-bond acceptors (Lipinski definition) is 0. The van der Waals surface area contributed by atoms with Crippen LogP contribution in [0.1, 0.15) is 5.56 Å². The van der Waals surface area contributed by atoms with Crippen molar-refractivity contribution in [2.24, 2.45) is 0 Å². The van der Waals surface area contributed by atoms with E-state index in [0.29, 0.717) is 0 Å². The van der Waals surface area contributed by atoms with E-state index in [1.54, 1.807) is 0 Å². The van der Waals surface area contributed by atoms with Crippen LogP contribution in [0.25, 0.3) is 0 Å². The van der Waals surface area contributed by atoms with E-state index in [1.165, 1.54) is 5.56 Å². The van der Waals surface area contributed by atoms with Gasteiger partial charge in [0.05, 0.1) is 0 Å². The fraction of sp³-hybridized carbons (Fsp3) is 0.250. The van der Waals surface area contributed by atoms with Gasteiger partial charge in [-0.25, -0.2) is 0 Å². The summed E-state index contributed by atoms with van der Waals surface area (Å²) < 4.78 is -0.225. The Hall–Kier alpha value is 0.950. The van der Waals surface area contributed by atoms with Crippen LogP contribution in [-0.2, 0) is 6.42 Å². The van der Waals surface area contributed by atoms with Crippen molar-refractivity contribution < 1.29 is 0 Å². The van der Waals surface area contributed by atoms with E-state index in [9.17, 15) is 0 Å². The third kappa shape index (κ3) is 4.26. The minimum atomic E-state index is -0.225. The molecule has 0 aliphatic rings. The van der Waals surface area contributed by atoms with E-state index in [4.69, 9.17) is 11.6 Å². The second-order valence-corrected chi connectivity index (χ2v) is 10.1. The van der Waals surface area contributed by atoms with Gasteiger partial charge < -0.3 is 0 Å². The molecule has 0 spiro atoms. The maximum Gasteiger partial charge on any atom is 0.139 e. The molecule has 0 aromatic heterocycles. The summed E-state index contributed by atoms with van der Waals surface area (Å²) in [7, 11) is 0. The maximum absolute atomic E-state index is 5.83. The Morgan fingerprint density at radius 2 is 1.92 bits per heavy atom. The first-order valence-corrected chi connectivity index (χ1v) is 6.04. The van der Waals surface area contributed by atoms with Crippen LogP contribution in [0.5, 0.6) is 0 Å². The zero-order valence-electron chi connectivity index (χ0n) is 6.03. The Labute approximate surface area is 102 Å². The molecule has 1 aromatic rings. The minimum absolute atomic E-state index is 0.225. The SMILES string of the molecule is Clc1cccc(CC(Br)(Br)Br)c1. The van der Waals surface area contributed by atoms with E-state index in [2.05, 4.69) is 47.8 Å². The first-order valence-electron chi connectivity index (χ1n) is 3.28. The Kier molecular flexibility index (Phi) is 4.09. The topological polar surface area (TPSA) is 0 Å². The summed E-state index contributed by atoms with van der Waals surface area (Å²) in [6.07, 6.45) is 0.827. The van der Waals surface area contributed by atoms with Gasteiger partial charge in [0.25, 0.3) is 0 Å². The average Bonchev–Trinajstić information content (AvgIpc) is 1.82. The predicted molar refractivity (Wildman–Crippen MR) is 64.7 cm³/mol. The molecule has 66 valence electrons. The summed E-state index contributed by atoms with van der Waals surface area (Å²) in [4.78, 5) is 0. The largest absolute Gasteiger partial charge is 0.139 e. The molecule has 0 saturated carbocycles. The fourth-order valence-electron chi connectivity index (χ4n) is 0.878. The predicted octanol–water partition coefficient (Wildman–Crippen LogP) is 4.72. The first-order chi connectivity index (χ1) is 5.47. The lowest BCUT2D eigenvalue weighted by Crippen LogP contribution is -2.03. The highest BCUT2D eigenvalue weighted by Gasteiger charge is 2.17. The molecule has 1 rings (SSSR count). The summed E-state index contributed by atoms with van der Waals surface area (Å²) in [5.74, 6) is 0. The van der Waals surface area contributed by atoms with Gasteiger partial charge in [-0.1, -0.05) is 71.5 Å². The molecule has 0 radical (unpaired) electrons. The number of benzene rings is 1. The van der Waals surface area contributed by atoms with Crippen LogP contribution in [0, 0.1) is 0 Å². The molecule has 0 atom stereocenters. The van der Waals surface area contributed by atoms with Crippen LogP contribution in [0.3, 0.4) is 0 Å². The van der Waals surface area contributed by atoms with Gasteiger partial charge in [-0.3, -0.25) is 0 Å². The van der Waals surface area contributed by atoms with Gasteiger partial charge in [0, 0.05) is 11.4 Å². The molecule has 4 heteroatoms. The van der Waals surface area contributed by atoms with Crippen molar-refractivity contribution in [1.82, 2.24) is 0 Å². The third-order valence-corrected chi connectivity index (χ3v) is 2.37. The summed E-state index contributed by atoms with van der Waals surface area (Å²) in [5.41, 5.74) is 1.17. The van der Waals surface area contributed by atoms with Crippen LogP contribution in [0.15, 0.2) is 24.3 Å². The molecule has 0 aliphatic heterocycles. The molecular formula is C8H6Br3Cl. The number of hydrogen-bond donors (Lipinski definition) is 0. The monoisotopic (exact) mass is 374 g/mol. The molecule has 0 N–H and O–H groups in total. The van der Waals surface area contributed by atoms with Crippen molar-refractivity contribution in [3.05, 3.63) is 34.9 Å². The number of rotatable bonds is 1. The van der Waals surface area contributed by atoms with Crippen molar-refractivity contribution in [3.63, 3.8) is 0 Å². The summed E-state index contributed by atoms with van der Waals surface area (Å²) >= 11 is 16.1. The third-order valence-electron chi connectivity index (χ3n) is 1.29. The van der Waals surface area contributed by atoms with Gasteiger partial charge in [0.2, 0.25) is 0 Å². The molecule has 0 fully saturated rings. The van der Waals surface area contributed by atoms with Crippen molar-refractivity contribution in [1.29, 1.82) is 0 Å². The molecule has 0 unspecified atom stereocenters. The Balaban J connectivity index is 2.77. The lowest BCUT2D eigenvalue weighted by atomic mass is 10.2. The van der Waals surface area contributed by atoms with Crippen LogP contribution < -0.4 is 0 Å². The molecule has 0 aliphatic carbocycles. The van der Waals surface area contributed by atoms with Gasteiger partial charge in [-0.2, -0.15) is 0 Å². The van der Waals surface area contributed by atoms with Gasteiger partial charge >= 0.3 is 0 Å². The minimum Gasteiger partial charge on any atom is -0.0843 e. The van der Waals surface area contributed by atoms with Gasteiger partial charge in [-0.15, -0.1) is 0 Å². The van der Waals surface area contributed by atoms with Crippen LogP contribution in [-0.4, -0.2) is 2.14 Å². The van der Waals surface area contributed by atoms with Crippen LogP contribution >= 0.6 is 59.4 Å². The zero-order valence-corrected chi connectivity index (χ0v) is 11.5. The van der Waals surface area contributed by atoms with Gasteiger partial charge in [0.1, 0.15) is 2.14 Å². The van der Waals surface area contributed by atoms with Crippen LogP contribution in [0.2, 0.25) is 5.02 Å². The highest BCUT2D eigenvalue weighted by atomic mass is 80.0. The highest BCUT2D eigenvalue weighted by molar-refractivity contribution is 9.39. The van der Waals surface area contributed by atoms with Crippen molar-refractivity contribution in [2.45, 2.75) is 8.56 Å². The lowest BCUT2D eigenvalue weighted by Gasteiger charge is -2.11. The lowest BCUT2D eigenvalue weighted by molar-refractivity contribution is 1.10. The van der Waals surface area contributed by atoms with E-state index in [1.807, 2.05) is 24.3 Å². The molecule has 12 heavy (non-hydrogen) atoms. The second kappa shape index (κ2) is 4.45. The van der Waals surface area contributed by atoms with Gasteiger partial charge in [-0.05, 0) is 17.7 Å². The zero-order chi connectivity index (χ0) is 9.19.